The number of fused-ring (bicyclic) bond motifs is 1. The number of benzene rings is 1. The molecule has 19 heavy (non-hydrogen) atoms. The lowest BCUT2D eigenvalue weighted by Crippen LogP contribution is -2.43. The van der Waals surface area contributed by atoms with Gasteiger partial charge in [0.1, 0.15) is 0 Å². The van der Waals surface area contributed by atoms with Crippen molar-refractivity contribution >= 4 is 0 Å². The maximum absolute atomic E-state index is 6.04. The van der Waals surface area contributed by atoms with Gasteiger partial charge < -0.3 is 10.6 Å². The van der Waals surface area contributed by atoms with Crippen LogP contribution < -0.4 is 5.73 Å². The molecule has 2 aliphatic heterocycles. The quantitative estimate of drug-likeness (QED) is 0.892. The molecule has 2 heterocycles. The lowest BCUT2D eigenvalue weighted by Gasteiger charge is -2.37. The summed E-state index contributed by atoms with van der Waals surface area (Å²) in [6, 6.07) is 9.23. The second-order valence-electron chi connectivity index (χ2n) is 5.79. The smallest absolute Gasteiger partial charge is 0.0473 e. The van der Waals surface area contributed by atoms with Gasteiger partial charge in [-0.25, -0.2) is 0 Å². The summed E-state index contributed by atoms with van der Waals surface area (Å²) >= 11 is 0. The Morgan fingerprint density at radius 2 is 1.84 bits per heavy atom. The van der Waals surface area contributed by atoms with Crippen molar-refractivity contribution in [2.24, 2.45) is 5.73 Å². The first kappa shape index (κ1) is 13.1. The third-order valence-electron chi connectivity index (χ3n) is 4.65. The normalized spacial score (nSPS) is 24.6. The fourth-order valence-electron chi connectivity index (χ4n) is 3.52. The molecule has 3 heteroatoms. The lowest BCUT2D eigenvalue weighted by atomic mass is 9.92. The van der Waals surface area contributed by atoms with Crippen molar-refractivity contribution < 1.29 is 0 Å². The zero-order valence-electron chi connectivity index (χ0n) is 11.7. The summed E-state index contributed by atoms with van der Waals surface area (Å²) in [6.45, 7) is 6.84. The van der Waals surface area contributed by atoms with Crippen molar-refractivity contribution in [2.45, 2.75) is 25.3 Å². The second kappa shape index (κ2) is 6.04. The average Bonchev–Trinajstić information content (AvgIpc) is 2.97. The van der Waals surface area contributed by atoms with Crippen molar-refractivity contribution in [1.29, 1.82) is 0 Å². The average molecular weight is 259 g/mol. The van der Waals surface area contributed by atoms with Gasteiger partial charge in [0.05, 0.1) is 0 Å². The highest BCUT2D eigenvalue weighted by Crippen LogP contribution is 2.28. The van der Waals surface area contributed by atoms with Crippen molar-refractivity contribution in [3.05, 3.63) is 35.4 Å². The fourth-order valence-corrected chi connectivity index (χ4v) is 3.52. The second-order valence-corrected chi connectivity index (χ2v) is 5.79. The first-order valence-corrected chi connectivity index (χ1v) is 7.63. The summed E-state index contributed by atoms with van der Waals surface area (Å²) < 4.78 is 0. The van der Waals surface area contributed by atoms with Crippen molar-refractivity contribution in [2.75, 3.05) is 39.3 Å². The Morgan fingerprint density at radius 1 is 1.05 bits per heavy atom. The van der Waals surface area contributed by atoms with Gasteiger partial charge in [0.2, 0.25) is 0 Å². The van der Waals surface area contributed by atoms with E-state index in [1.54, 1.807) is 0 Å². The molecule has 0 spiro atoms. The molecule has 0 aromatic heterocycles. The molecule has 1 fully saturated rings. The van der Waals surface area contributed by atoms with Crippen molar-refractivity contribution in [3.8, 4) is 0 Å². The highest BCUT2D eigenvalue weighted by Gasteiger charge is 2.26. The number of hydrogen-bond acceptors (Lipinski definition) is 3. The summed E-state index contributed by atoms with van der Waals surface area (Å²) in [4.78, 5) is 5.18. The zero-order valence-corrected chi connectivity index (χ0v) is 11.7. The highest BCUT2D eigenvalue weighted by molar-refractivity contribution is 5.32. The van der Waals surface area contributed by atoms with Crippen LogP contribution >= 0.6 is 0 Å². The molecule has 3 rings (SSSR count). The van der Waals surface area contributed by atoms with Gasteiger partial charge in [0.15, 0.2) is 0 Å². The van der Waals surface area contributed by atoms with Gasteiger partial charge in [0.25, 0.3) is 0 Å². The Morgan fingerprint density at radius 3 is 2.63 bits per heavy atom. The maximum Gasteiger partial charge on any atom is 0.0473 e. The zero-order chi connectivity index (χ0) is 13.1. The van der Waals surface area contributed by atoms with Crippen LogP contribution in [0.2, 0.25) is 0 Å². The van der Waals surface area contributed by atoms with E-state index in [4.69, 9.17) is 5.73 Å². The van der Waals surface area contributed by atoms with Gasteiger partial charge in [-0.15, -0.1) is 0 Å². The fraction of sp³-hybridized carbons (Fsp3) is 0.625. The van der Waals surface area contributed by atoms with Crippen LogP contribution in [0.5, 0.6) is 0 Å². The summed E-state index contributed by atoms with van der Waals surface area (Å²) in [5.41, 5.74) is 8.99. The minimum Gasteiger partial charge on any atom is -0.329 e. The topological polar surface area (TPSA) is 32.5 Å². The molecular formula is C16H25N3. The largest absolute Gasteiger partial charge is 0.329 e. The molecule has 1 saturated heterocycles. The summed E-state index contributed by atoms with van der Waals surface area (Å²) in [5, 5.41) is 0. The van der Waals surface area contributed by atoms with E-state index in [1.807, 2.05) is 0 Å². The third-order valence-corrected chi connectivity index (χ3v) is 4.65. The van der Waals surface area contributed by atoms with E-state index in [0.717, 1.165) is 19.6 Å². The van der Waals surface area contributed by atoms with Crippen LogP contribution in [-0.2, 0) is 6.42 Å². The lowest BCUT2D eigenvalue weighted by molar-refractivity contribution is 0.164. The number of rotatable bonds is 4. The highest BCUT2D eigenvalue weighted by atomic mass is 15.2. The maximum atomic E-state index is 6.04. The third kappa shape index (κ3) is 2.83. The number of likely N-dealkylation sites (tertiary alicyclic amines) is 1. The molecule has 2 N–H and O–H groups in total. The van der Waals surface area contributed by atoms with Crippen LogP contribution in [0.3, 0.4) is 0 Å². The van der Waals surface area contributed by atoms with Crippen LogP contribution in [0.1, 0.15) is 30.0 Å². The SMILES string of the molecule is NCC1c2ccccc2CCN1CCN1CCCC1. The standard InChI is InChI=1S/C16H25N3/c17-13-16-15-6-2-1-5-14(15)7-10-19(16)12-11-18-8-3-4-9-18/h1-2,5-6,16H,3-4,7-13,17H2. The number of hydrogen-bond donors (Lipinski definition) is 1. The Labute approximate surface area is 116 Å². The number of nitrogens with two attached hydrogens (primary N) is 1. The van der Waals surface area contributed by atoms with Gasteiger partial charge in [0, 0.05) is 32.2 Å². The first-order chi connectivity index (χ1) is 9.38. The molecule has 0 bridgehead atoms. The van der Waals surface area contributed by atoms with Gasteiger partial charge >= 0.3 is 0 Å². The van der Waals surface area contributed by atoms with E-state index in [2.05, 4.69) is 34.1 Å². The van der Waals surface area contributed by atoms with Crippen molar-refractivity contribution in [1.82, 2.24) is 9.80 Å². The molecule has 0 amide bonds. The molecule has 104 valence electrons. The van der Waals surface area contributed by atoms with Crippen LogP contribution in [0.4, 0.5) is 0 Å². The van der Waals surface area contributed by atoms with Gasteiger partial charge in [-0.05, 0) is 43.5 Å². The van der Waals surface area contributed by atoms with Crippen LogP contribution in [0, 0.1) is 0 Å². The van der Waals surface area contributed by atoms with Gasteiger partial charge in [-0.2, -0.15) is 0 Å². The molecule has 0 radical (unpaired) electrons. The Bertz CT molecular complexity index is 412. The molecule has 1 atom stereocenters. The minimum absolute atomic E-state index is 0.424. The Balaban J connectivity index is 1.65. The van der Waals surface area contributed by atoms with Gasteiger partial charge in [-0.1, -0.05) is 24.3 Å². The molecule has 3 nitrogen and oxygen atoms in total. The van der Waals surface area contributed by atoms with E-state index >= 15 is 0 Å². The van der Waals surface area contributed by atoms with Crippen LogP contribution in [0.25, 0.3) is 0 Å². The van der Waals surface area contributed by atoms with E-state index in [1.165, 1.54) is 50.0 Å². The molecule has 2 aliphatic rings. The first-order valence-electron chi connectivity index (χ1n) is 7.63. The van der Waals surface area contributed by atoms with Crippen molar-refractivity contribution in [3.63, 3.8) is 0 Å². The molecule has 1 aromatic rings. The van der Waals surface area contributed by atoms with Gasteiger partial charge in [-0.3, -0.25) is 4.90 Å². The van der Waals surface area contributed by atoms with E-state index in [0.29, 0.717) is 6.04 Å². The molecular weight excluding hydrogens is 234 g/mol. The van der Waals surface area contributed by atoms with Crippen LogP contribution in [0.15, 0.2) is 24.3 Å². The number of nitrogens with zero attached hydrogens (tertiary/aromatic N) is 2. The molecule has 1 aromatic carbocycles. The minimum atomic E-state index is 0.424. The molecule has 1 unspecified atom stereocenters. The van der Waals surface area contributed by atoms with E-state index in [9.17, 15) is 0 Å². The predicted molar refractivity (Wildman–Crippen MR) is 79.2 cm³/mol. The van der Waals surface area contributed by atoms with Crippen LogP contribution in [-0.4, -0.2) is 49.1 Å². The predicted octanol–water partition coefficient (Wildman–Crippen LogP) is 1.64. The summed E-state index contributed by atoms with van der Waals surface area (Å²) in [6.07, 6.45) is 3.93. The monoisotopic (exact) mass is 259 g/mol. The molecule has 0 aliphatic carbocycles. The Hall–Kier alpha value is -0.900. The molecule has 0 saturated carbocycles. The van der Waals surface area contributed by atoms with E-state index in [-0.39, 0.29) is 0 Å². The Kier molecular flexibility index (Phi) is 4.16. The summed E-state index contributed by atoms with van der Waals surface area (Å²) in [7, 11) is 0. The van der Waals surface area contributed by atoms with E-state index < -0.39 is 0 Å². The summed E-state index contributed by atoms with van der Waals surface area (Å²) in [5.74, 6) is 0.